The average molecular weight is 522 g/mol. The van der Waals surface area contributed by atoms with Crippen LogP contribution in [-0.4, -0.2) is 63.6 Å². The van der Waals surface area contributed by atoms with Crippen molar-refractivity contribution in [3.05, 3.63) is 58.6 Å². The average Bonchev–Trinajstić information content (AvgIpc) is 3.51. The second-order valence-corrected chi connectivity index (χ2v) is 11.0. The van der Waals surface area contributed by atoms with Crippen LogP contribution in [0, 0.1) is 6.92 Å². The number of carbonyl (C=O) groups excluding carboxylic acids is 2. The van der Waals surface area contributed by atoms with Crippen LogP contribution >= 0.6 is 11.3 Å². The maximum absolute atomic E-state index is 13.1. The first kappa shape index (κ1) is 24.9. The minimum Gasteiger partial charge on any atom is -0.444 e. The van der Waals surface area contributed by atoms with E-state index in [9.17, 15) is 9.59 Å². The number of nitrogens with one attached hydrogen (secondary N) is 1. The quantitative estimate of drug-likeness (QED) is 0.548. The molecule has 194 valence electrons. The maximum atomic E-state index is 13.1. The van der Waals surface area contributed by atoms with E-state index in [0.717, 1.165) is 27.9 Å². The molecule has 2 aliphatic heterocycles. The Hall–Kier alpha value is -3.73. The minimum absolute atomic E-state index is 0.255. The highest BCUT2D eigenvalue weighted by molar-refractivity contribution is 7.13. The second kappa shape index (κ2) is 9.97. The first-order valence-electron chi connectivity index (χ1n) is 12.3. The largest absolute Gasteiger partial charge is 0.444 e. The molecule has 0 unspecified atom stereocenters. The molecule has 5 rings (SSSR count). The molecule has 1 aromatic carbocycles. The molecule has 1 saturated heterocycles. The number of carbonyl (C=O) groups is 2. The monoisotopic (exact) mass is 521 g/mol. The number of para-hydroxylation sites is 2. The molecule has 0 atom stereocenters. The zero-order chi connectivity index (χ0) is 26.2. The van der Waals surface area contributed by atoms with Gasteiger partial charge in [0.2, 0.25) is 0 Å². The van der Waals surface area contributed by atoms with Gasteiger partial charge in [-0.25, -0.2) is 19.7 Å². The predicted molar refractivity (Wildman–Crippen MR) is 143 cm³/mol. The highest BCUT2D eigenvalue weighted by Crippen LogP contribution is 2.31. The van der Waals surface area contributed by atoms with Crippen molar-refractivity contribution < 1.29 is 14.3 Å². The molecule has 0 spiro atoms. The summed E-state index contributed by atoms with van der Waals surface area (Å²) in [6.07, 6.45) is 1.57. The van der Waals surface area contributed by atoms with Crippen molar-refractivity contribution in [3.63, 3.8) is 0 Å². The Morgan fingerprint density at radius 1 is 1.03 bits per heavy atom. The van der Waals surface area contributed by atoms with Crippen LogP contribution in [0.4, 0.5) is 21.3 Å². The summed E-state index contributed by atoms with van der Waals surface area (Å²) in [6, 6.07) is 7.71. The summed E-state index contributed by atoms with van der Waals surface area (Å²) < 4.78 is 5.50. The number of ether oxygens (including phenoxy) is 1. The topological polar surface area (TPSA) is 104 Å². The summed E-state index contributed by atoms with van der Waals surface area (Å²) in [5.74, 6) is 0.499. The number of aryl methyl sites for hydroxylation is 1. The van der Waals surface area contributed by atoms with Gasteiger partial charge in [0.15, 0.2) is 5.13 Å². The number of hydrogen-bond donors (Lipinski definition) is 1. The number of amides is 2. The lowest BCUT2D eigenvalue weighted by molar-refractivity contribution is 0.0240. The van der Waals surface area contributed by atoms with Crippen LogP contribution < -0.4 is 15.1 Å². The zero-order valence-corrected chi connectivity index (χ0v) is 22.3. The van der Waals surface area contributed by atoms with E-state index in [-0.39, 0.29) is 12.0 Å². The lowest BCUT2D eigenvalue weighted by Crippen LogP contribution is -2.50. The molecule has 0 radical (unpaired) electrons. The van der Waals surface area contributed by atoms with E-state index in [4.69, 9.17) is 4.74 Å². The van der Waals surface area contributed by atoms with E-state index in [1.54, 1.807) is 10.3 Å². The molecule has 0 saturated carbocycles. The summed E-state index contributed by atoms with van der Waals surface area (Å²) in [5, 5.41) is 5.60. The number of nitrogens with zero attached hydrogens (tertiary/aromatic N) is 6. The van der Waals surface area contributed by atoms with Crippen LogP contribution in [0.15, 0.2) is 35.8 Å². The van der Waals surface area contributed by atoms with Crippen molar-refractivity contribution in [2.24, 2.45) is 0 Å². The fourth-order valence-corrected chi connectivity index (χ4v) is 5.21. The number of benzene rings is 1. The molecular weight excluding hydrogens is 490 g/mol. The zero-order valence-electron chi connectivity index (χ0n) is 21.5. The summed E-state index contributed by atoms with van der Waals surface area (Å²) in [7, 11) is 0. The molecule has 0 bridgehead atoms. The van der Waals surface area contributed by atoms with Crippen molar-refractivity contribution in [3.8, 4) is 0 Å². The van der Waals surface area contributed by atoms with Crippen molar-refractivity contribution in [2.45, 2.75) is 46.4 Å². The number of piperazine rings is 1. The number of aromatic nitrogens is 3. The molecule has 10 nitrogen and oxygen atoms in total. The first-order chi connectivity index (χ1) is 17.7. The third kappa shape index (κ3) is 5.66. The smallest absolute Gasteiger partial charge is 0.410 e. The Balaban J connectivity index is 1.22. The third-order valence-electron chi connectivity index (χ3n) is 6.20. The van der Waals surface area contributed by atoms with Gasteiger partial charge in [0, 0.05) is 49.9 Å². The van der Waals surface area contributed by atoms with Gasteiger partial charge < -0.3 is 24.8 Å². The lowest BCUT2D eigenvalue weighted by Gasteiger charge is -2.37. The first-order valence-corrected chi connectivity index (χ1v) is 13.2. The van der Waals surface area contributed by atoms with E-state index in [1.165, 1.54) is 11.3 Å². The number of anilines is 3. The third-order valence-corrected chi connectivity index (χ3v) is 7.10. The van der Waals surface area contributed by atoms with Gasteiger partial charge in [-0.1, -0.05) is 12.1 Å². The molecule has 2 aliphatic rings. The molecule has 1 fully saturated rings. The van der Waals surface area contributed by atoms with E-state index in [1.807, 2.05) is 58.2 Å². The minimum atomic E-state index is -0.521. The van der Waals surface area contributed by atoms with E-state index >= 15 is 0 Å². The van der Waals surface area contributed by atoms with Gasteiger partial charge in [0.25, 0.3) is 5.91 Å². The fourth-order valence-electron chi connectivity index (χ4n) is 4.40. The number of rotatable bonds is 4. The van der Waals surface area contributed by atoms with Gasteiger partial charge in [-0.05, 0) is 39.8 Å². The fraction of sp³-hybridized carbons (Fsp3) is 0.423. The highest BCUT2D eigenvalue weighted by Gasteiger charge is 2.28. The van der Waals surface area contributed by atoms with Crippen LogP contribution in [-0.2, 0) is 17.8 Å². The van der Waals surface area contributed by atoms with Crippen LogP contribution in [0.2, 0.25) is 0 Å². The summed E-state index contributed by atoms with van der Waals surface area (Å²) in [4.78, 5) is 45.0. The molecule has 1 N–H and O–H groups in total. The lowest BCUT2D eigenvalue weighted by atomic mass is 10.2. The van der Waals surface area contributed by atoms with Crippen molar-refractivity contribution in [2.75, 3.05) is 41.3 Å². The van der Waals surface area contributed by atoms with E-state index < -0.39 is 5.60 Å². The van der Waals surface area contributed by atoms with Gasteiger partial charge >= 0.3 is 6.09 Å². The Bertz CT molecular complexity index is 1310. The maximum Gasteiger partial charge on any atom is 0.410 e. The van der Waals surface area contributed by atoms with E-state index in [2.05, 4.69) is 30.1 Å². The highest BCUT2D eigenvalue weighted by atomic mass is 32.1. The molecular formula is C26H31N7O3S. The summed E-state index contributed by atoms with van der Waals surface area (Å²) in [6.45, 7) is 11.2. The molecule has 3 aromatic rings. The molecule has 2 amide bonds. The van der Waals surface area contributed by atoms with Crippen LogP contribution in [0.5, 0.6) is 0 Å². The Labute approximate surface area is 220 Å². The van der Waals surface area contributed by atoms with Crippen molar-refractivity contribution in [1.82, 2.24) is 19.9 Å². The number of thiazole rings is 1. The van der Waals surface area contributed by atoms with Crippen LogP contribution in [0.1, 0.15) is 48.3 Å². The van der Waals surface area contributed by atoms with E-state index in [0.29, 0.717) is 50.6 Å². The van der Waals surface area contributed by atoms with Gasteiger partial charge in [-0.2, -0.15) is 0 Å². The molecule has 0 aliphatic carbocycles. The predicted octanol–water partition coefficient (Wildman–Crippen LogP) is 4.07. The van der Waals surface area contributed by atoms with Crippen molar-refractivity contribution in [1.29, 1.82) is 0 Å². The SMILES string of the molecule is Cc1ncc2c(n1)CN(c1nc(C(=O)Nc3ccccc3N3CCN(C(=O)OC(C)(C)C)CC3)cs1)C2. The van der Waals surface area contributed by atoms with Gasteiger partial charge in [0.05, 0.1) is 23.6 Å². The van der Waals surface area contributed by atoms with Gasteiger partial charge in [-0.15, -0.1) is 11.3 Å². The summed E-state index contributed by atoms with van der Waals surface area (Å²) in [5.41, 5.74) is 3.59. The molecule has 2 aromatic heterocycles. The van der Waals surface area contributed by atoms with Gasteiger partial charge in [-0.3, -0.25) is 4.79 Å². The second-order valence-electron chi connectivity index (χ2n) is 10.2. The molecule has 11 heteroatoms. The Morgan fingerprint density at radius 2 is 1.78 bits per heavy atom. The van der Waals surface area contributed by atoms with Crippen LogP contribution in [0.25, 0.3) is 0 Å². The van der Waals surface area contributed by atoms with Crippen molar-refractivity contribution >= 4 is 39.8 Å². The summed E-state index contributed by atoms with van der Waals surface area (Å²) >= 11 is 1.45. The molecule has 37 heavy (non-hydrogen) atoms. The Kier molecular flexibility index (Phi) is 6.72. The Morgan fingerprint density at radius 3 is 2.54 bits per heavy atom. The number of fused-ring (bicyclic) bond motifs is 1. The van der Waals surface area contributed by atoms with Crippen LogP contribution in [0.3, 0.4) is 0 Å². The normalized spacial score (nSPS) is 15.5. The molecule has 4 heterocycles. The van der Waals surface area contributed by atoms with Gasteiger partial charge in [0.1, 0.15) is 17.1 Å². The number of hydrogen-bond acceptors (Lipinski definition) is 9. The standard InChI is InChI=1S/C26H31N7O3S/c1-17-27-13-18-14-33(15-20(18)28-17)24-30-21(16-37-24)23(34)29-19-7-5-6-8-22(19)31-9-11-32(12-10-31)25(35)36-26(2,3)4/h5-8,13,16H,9-12,14-15H2,1-4H3,(H,29,34).